The van der Waals surface area contributed by atoms with Crippen LogP contribution in [-0.2, 0) is 6.42 Å². The zero-order valence-corrected chi connectivity index (χ0v) is 12.3. The Morgan fingerprint density at radius 1 is 1.29 bits per heavy atom. The summed E-state index contributed by atoms with van der Waals surface area (Å²) >= 11 is 0. The van der Waals surface area contributed by atoms with Gasteiger partial charge in [0, 0.05) is 23.1 Å². The van der Waals surface area contributed by atoms with Crippen molar-refractivity contribution in [3.63, 3.8) is 0 Å². The predicted molar refractivity (Wildman–Crippen MR) is 86.7 cm³/mol. The van der Waals surface area contributed by atoms with Crippen LogP contribution in [0.3, 0.4) is 0 Å². The van der Waals surface area contributed by atoms with Gasteiger partial charge in [-0.05, 0) is 61.7 Å². The highest BCUT2D eigenvalue weighted by Gasteiger charge is 2.30. The summed E-state index contributed by atoms with van der Waals surface area (Å²) in [5.74, 6) is 0. The number of nitrogens with zero attached hydrogens (tertiary/aromatic N) is 1. The van der Waals surface area contributed by atoms with Gasteiger partial charge in [0.1, 0.15) is 0 Å². The molecule has 4 heteroatoms. The number of carbonyl (C=O) groups is 1. The molecule has 3 rings (SSSR count). The van der Waals surface area contributed by atoms with Crippen molar-refractivity contribution >= 4 is 23.1 Å². The Morgan fingerprint density at radius 2 is 2.10 bits per heavy atom. The van der Waals surface area contributed by atoms with Crippen LogP contribution in [0.2, 0.25) is 0 Å². The molecule has 0 saturated heterocycles. The number of amides is 2. The highest BCUT2D eigenvalue weighted by Crippen LogP contribution is 2.33. The van der Waals surface area contributed by atoms with Crippen LogP contribution in [0.4, 0.5) is 21.9 Å². The van der Waals surface area contributed by atoms with Crippen LogP contribution in [0, 0.1) is 6.92 Å². The van der Waals surface area contributed by atoms with E-state index in [1.54, 1.807) is 4.90 Å². The lowest BCUT2D eigenvalue weighted by Gasteiger charge is -2.23. The highest BCUT2D eigenvalue weighted by atomic mass is 16.2. The minimum absolute atomic E-state index is 0.100. The number of urea groups is 1. The zero-order valence-electron chi connectivity index (χ0n) is 12.3. The molecule has 1 atom stereocenters. The molecule has 0 radical (unpaired) electrons. The molecular formula is C17H19N3O. The first-order chi connectivity index (χ1) is 10.0. The minimum Gasteiger partial charge on any atom is -0.399 e. The van der Waals surface area contributed by atoms with Gasteiger partial charge in [-0.2, -0.15) is 0 Å². The van der Waals surface area contributed by atoms with Crippen molar-refractivity contribution in [2.75, 3.05) is 16.0 Å². The van der Waals surface area contributed by atoms with Crippen molar-refractivity contribution < 1.29 is 4.79 Å². The molecule has 4 nitrogen and oxygen atoms in total. The smallest absolute Gasteiger partial charge is 0.326 e. The summed E-state index contributed by atoms with van der Waals surface area (Å²) in [6.45, 7) is 4.05. The molecule has 0 bridgehead atoms. The summed E-state index contributed by atoms with van der Waals surface area (Å²) in [7, 11) is 0. The van der Waals surface area contributed by atoms with Gasteiger partial charge in [0.2, 0.25) is 0 Å². The standard InChI is InChI=1S/C17H19N3O/c1-11-4-3-5-15(8-11)19-17(21)20-12(2)9-13-10-14(18)6-7-16(13)20/h3-8,10,12H,9,18H2,1-2H3,(H,19,21). The number of hydrogen-bond donors (Lipinski definition) is 2. The first-order valence-electron chi connectivity index (χ1n) is 7.10. The number of benzene rings is 2. The summed E-state index contributed by atoms with van der Waals surface area (Å²) in [4.78, 5) is 14.4. The number of fused-ring (bicyclic) bond motifs is 1. The van der Waals surface area contributed by atoms with E-state index in [4.69, 9.17) is 5.73 Å². The minimum atomic E-state index is -0.100. The van der Waals surface area contributed by atoms with Crippen LogP contribution in [0.5, 0.6) is 0 Å². The van der Waals surface area contributed by atoms with E-state index in [0.717, 1.165) is 34.6 Å². The third-order valence-electron chi connectivity index (χ3n) is 3.81. The molecule has 0 fully saturated rings. The molecule has 0 spiro atoms. The lowest BCUT2D eigenvalue weighted by atomic mass is 10.1. The summed E-state index contributed by atoms with van der Waals surface area (Å²) in [5.41, 5.74) is 10.6. The fraction of sp³-hybridized carbons (Fsp3) is 0.235. The maximum atomic E-state index is 12.6. The normalized spacial score (nSPS) is 16.7. The molecule has 2 amide bonds. The molecule has 21 heavy (non-hydrogen) atoms. The van der Waals surface area contributed by atoms with E-state index in [2.05, 4.69) is 5.32 Å². The first-order valence-corrected chi connectivity index (χ1v) is 7.10. The van der Waals surface area contributed by atoms with Crippen LogP contribution in [-0.4, -0.2) is 12.1 Å². The molecule has 1 aliphatic rings. The Hall–Kier alpha value is -2.49. The van der Waals surface area contributed by atoms with Gasteiger partial charge in [0.25, 0.3) is 0 Å². The predicted octanol–water partition coefficient (Wildman–Crippen LogP) is 3.56. The summed E-state index contributed by atoms with van der Waals surface area (Å²) in [5, 5.41) is 2.97. The largest absolute Gasteiger partial charge is 0.399 e. The van der Waals surface area contributed by atoms with Gasteiger partial charge in [-0.3, -0.25) is 4.90 Å². The van der Waals surface area contributed by atoms with Crippen molar-refractivity contribution in [3.05, 3.63) is 53.6 Å². The maximum absolute atomic E-state index is 12.6. The average Bonchev–Trinajstić information content (AvgIpc) is 2.73. The number of carbonyl (C=O) groups excluding carboxylic acids is 1. The number of anilines is 3. The monoisotopic (exact) mass is 281 g/mol. The van der Waals surface area contributed by atoms with Crippen LogP contribution in [0.15, 0.2) is 42.5 Å². The van der Waals surface area contributed by atoms with Gasteiger partial charge < -0.3 is 11.1 Å². The molecule has 0 aliphatic carbocycles. The molecular weight excluding hydrogens is 262 g/mol. The van der Waals surface area contributed by atoms with Gasteiger partial charge >= 0.3 is 6.03 Å². The SMILES string of the molecule is Cc1cccc(NC(=O)N2c3ccc(N)cc3CC2C)c1. The number of nitrogen functional groups attached to an aromatic ring is 1. The van der Waals surface area contributed by atoms with Gasteiger partial charge in [-0.25, -0.2) is 4.79 Å². The quantitative estimate of drug-likeness (QED) is 0.785. The van der Waals surface area contributed by atoms with E-state index in [1.165, 1.54) is 0 Å². The lowest BCUT2D eigenvalue weighted by molar-refractivity contribution is 0.256. The Morgan fingerprint density at radius 3 is 2.86 bits per heavy atom. The van der Waals surface area contributed by atoms with Crippen LogP contribution < -0.4 is 16.0 Å². The fourth-order valence-electron chi connectivity index (χ4n) is 2.87. The van der Waals surface area contributed by atoms with E-state index in [9.17, 15) is 4.79 Å². The first kappa shape index (κ1) is 13.5. The third-order valence-corrected chi connectivity index (χ3v) is 3.81. The number of hydrogen-bond acceptors (Lipinski definition) is 2. The summed E-state index contributed by atoms with van der Waals surface area (Å²) < 4.78 is 0. The van der Waals surface area contributed by atoms with Crippen molar-refractivity contribution in [2.24, 2.45) is 0 Å². The van der Waals surface area contributed by atoms with Crippen LogP contribution in [0.25, 0.3) is 0 Å². The van der Waals surface area contributed by atoms with Gasteiger partial charge in [0.15, 0.2) is 0 Å². The zero-order chi connectivity index (χ0) is 15.0. The second-order valence-corrected chi connectivity index (χ2v) is 5.61. The topological polar surface area (TPSA) is 58.4 Å². The Labute approximate surface area is 124 Å². The molecule has 0 saturated carbocycles. The van der Waals surface area contributed by atoms with Crippen molar-refractivity contribution in [3.8, 4) is 0 Å². The van der Waals surface area contributed by atoms with E-state index in [-0.39, 0.29) is 12.1 Å². The van der Waals surface area contributed by atoms with Crippen molar-refractivity contribution in [1.29, 1.82) is 0 Å². The molecule has 1 aliphatic heterocycles. The molecule has 3 N–H and O–H groups in total. The summed E-state index contributed by atoms with van der Waals surface area (Å²) in [6.07, 6.45) is 0.835. The van der Waals surface area contributed by atoms with E-state index in [0.29, 0.717) is 0 Å². The maximum Gasteiger partial charge on any atom is 0.326 e. The third kappa shape index (κ3) is 2.57. The average molecular weight is 281 g/mol. The van der Waals surface area contributed by atoms with Gasteiger partial charge in [-0.1, -0.05) is 12.1 Å². The second-order valence-electron chi connectivity index (χ2n) is 5.61. The second kappa shape index (κ2) is 5.13. The Bertz CT molecular complexity index is 696. The molecule has 108 valence electrons. The fourth-order valence-corrected chi connectivity index (χ4v) is 2.87. The lowest BCUT2D eigenvalue weighted by Crippen LogP contribution is -2.39. The van der Waals surface area contributed by atoms with Crippen molar-refractivity contribution in [2.45, 2.75) is 26.3 Å². The molecule has 2 aromatic carbocycles. The van der Waals surface area contributed by atoms with Crippen molar-refractivity contribution in [1.82, 2.24) is 0 Å². The van der Waals surface area contributed by atoms with E-state index in [1.807, 2.05) is 56.3 Å². The number of aryl methyl sites for hydroxylation is 1. The molecule has 0 aromatic heterocycles. The molecule has 1 unspecified atom stereocenters. The van der Waals surface area contributed by atoms with E-state index < -0.39 is 0 Å². The molecule has 1 heterocycles. The summed E-state index contributed by atoms with van der Waals surface area (Å²) in [6, 6.07) is 13.5. The highest BCUT2D eigenvalue weighted by molar-refractivity contribution is 6.03. The Kier molecular flexibility index (Phi) is 3.29. The Balaban J connectivity index is 1.85. The van der Waals surface area contributed by atoms with Crippen LogP contribution >= 0.6 is 0 Å². The number of nitrogens with one attached hydrogen (secondary N) is 1. The van der Waals surface area contributed by atoms with Gasteiger partial charge in [0.05, 0.1) is 0 Å². The van der Waals surface area contributed by atoms with E-state index >= 15 is 0 Å². The van der Waals surface area contributed by atoms with Gasteiger partial charge in [-0.15, -0.1) is 0 Å². The molecule has 2 aromatic rings. The number of nitrogens with two attached hydrogens (primary N) is 1. The van der Waals surface area contributed by atoms with Crippen LogP contribution in [0.1, 0.15) is 18.1 Å². The number of rotatable bonds is 1.